The summed E-state index contributed by atoms with van der Waals surface area (Å²) in [6, 6.07) is 10.8. The quantitative estimate of drug-likeness (QED) is 0.555. The van der Waals surface area contributed by atoms with Crippen LogP contribution in [0, 0.1) is 5.82 Å². The molecule has 1 aliphatic heterocycles. The number of ether oxygens (including phenoxy) is 1. The molecule has 1 heterocycles. The highest BCUT2D eigenvalue weighted by Crippen LogP contribution is 2.32. The van der Waals surface area contributed by atoms with Crippen molar-refractivity contribution in [2.75, 3.05) is 26.2 Å². The Labute approximate surface area is 198 Å². The number of nitrogens with zero attached hydrogens (tertiary/aromatic N) is 2. The Morgan fingerprint density at radius 1 is 1.24 bits per heavy atom. The Bertz CT molecular complexity index is 1080. The first-order chi connectivity index (χ1) is 15.6. The molecule has 2 aromatic carbocycles. The predicted octanol–water partition coefficient (Wildman–Crippen LogP) is 3.93. The lowest BCUT2D eigenvalue weighted by molar-refractivity contribution is -0.138. The predicted molar refractivity (Wildman–Crippen MR) is 124 cm³/mol. The maximum Gasteiger partial charge on any atom is 0.271 e. The summed E-state index contributed by atoms with van der Waals surface area (Å²) in [5.41, 5.74) is 1.20. The van der Waals surface area contributed by atoms with Gasteiger partial charge in [-0.2, -0.15) is 8.42 Å². The number of amides is 1. The highest BCUT2D eigenvalue weighted by Gasteiger charge is 2.30. The Kier molecular flexibility index (Phi) is 8.33. The molecular weight excluding hydrogens is 471 g/mol. The first-order valence-electron chi connectivity index (χ1n) is 10.7. The minimum atomic E-state index is -4.36. The molecule has 1 saturated heterocycles. The molecule has 1 fully saturated rings. The van der Waals surface area contributed by atoms with Gasteiger partial charge in [-0.05, 0) is 49.2 Å². The van der Waals surface area contributed by atoms with Gasteiger partial charge in [0.15, 0.2) is 6.61 Å². The summed E-state index contributed by atoms with van der Waals surface area (Å²) in [4.78, 5) is 16.9. The molecule has 7 nitrogen and oxygen atoms in total. The molecule has 180 valence electrons. The zero-order chi connectivity index (χ0) is 24.2. The number of piperazine rings is 1. The van der Waals surface area contributed by atoms with Crippen LogP contribution in [0.15, 0.2) is 42.5 Å². The number of carbonyl (C=O) groups excluding carboxylic acids is 1. The van der Waals surface area contributed by atoms with E-state index in [1.54, 1.807) is 17.0 Å². The van der Waals surface area contributed by atoms with E-state index in [1.807, 2.05) is 6.92 Å². The molecule has 0 aliphatic carbocycles. The fraction of sp³-hybridized carbons (Fsp3) is 0.435. The molecule has 0 aromatic heterocycles. The molecule has 1 N–H and O–H groups in total. The molecule has 10 heteroatoms. The molecule has 3 rings (SSSR count). The minimum absolute atomic E-state index is 0.00303. The molecule has 1 amide bonds. The van der Waals surface area contributed by atoms with Crippen LogP contribution >= 0.6 is 11.6 Å². The average molecular weight is 499 g/mol. The standard InChI is InChI=1S/C23H28ClFN2O5S/c1-3-20-14-26(13-17-4-7-19(25)8-5-17)10-11-27(20)23(28)15-32-22-9-6-18(24)12-21(22)16(2)33(29,30)31/h4-9,12,16,20H,3,10-11,13-15H2,1-2H3,(H,29,30,31)/t16?,20-/m1/s1. The topological polar surface area (TPSA) is 87.2 Å². The van der Waals surface area contributed by atoms with E-state index in [-0.39, 0.29) is 35.7 Å². The average Bonchev–Trinajstić information content (AvgIpc) is 2.78. The molecule has 0 saturated carbocycles. The van der Waals surface area contributed by atoms with E-state index >= 15 is 0 Å². The van der Waals surface area contributed by atoms with Crippen LogP contribution in [0.25, 0.3) is 0 Å². The summed E-state index contributed by atoms with van der Waals surface area (Å²) in [6.45, 7) is 5.63. The molecule has 2 atom stereocenters. The number of hydrogen-bond donors (Lipinski definition) is 1. The summed E-state index contributed by atoms with van der Waals surface area (Å²) in [6.07, 6.45) is 0.762. The van der Waals surface area contributed by atoms with Gasteiger partial charge in [0, 0.05) is 42.8 Å². The van der Waals surface area contributed by atoms with E-state index in [4.69, 9.17) is 16.3 Å². The van der Waals surface area contributed by atoms with Crippen LogP contribution in [0.1, 0.15) is 36.6 Å². The van der Waals surface area contributed by atoms with Gasteiger partial charge in [-0.1, -0.05) is 30.7 Å². The number of hydrogen-bond acceptors (Lipinski definition) is 5. The fourth-order valence-corrected chi connectivity index (χ4v) is 4.63. The van der Waals surface area contributed by atoms with Crippen molar-refractivity contribution in [3.05, 3.63) is 64.4 Å². The molecule has 0 radical (unpaired) electrons. The van der Waals surface area contributed by atoms with Crippen LogP contribution in [0.4, 0.5) is 4.39 Å². The van der Waals surface area contributed by atoms with Gasteiger partial charge in [-0.25, -0.2) is 4.39 Å². The smallest absolute Gasteiger partial charge is 0.271 e. The van der Waals surface area contributed by atoms with E-state index in [2.05, 4.69) is 4.90 Å². The summed E-state index contributed by atoms with van der Waals surface area (Å²) in [5.74, 6) is -0.292. The van der Waals surface area contributed by atoms with Crippen molar-refractivity contribution in [1.82, 2.24) is 9.80 Å². The van der Waals surface area contributed by atoms with Crippen LogP contribution in [-0.4, -0.2) is 61.0 Å². The van der Waals surface area contributed by atoms with Gasteiger partial charge in [-0.15, -0.1) is 0 Å². The third-order valence-electron chi connectivity index (χ3n) is 5.89. The highest BCUT2D eigenvalue weighted by atomic mass is 35.5. The van der Waals surface area contributed by atoms with Gasteiger partial charge < -0.3 is 9.64 Å². The van der Waals surface area contributed by atoms with Gasteiger partial charge in [0.2, 0.25) is 0 Å². The Morgan fingerprint density at radius 2 is 1.94 bits per heavy atom. The van der Waals surface area contributed by atoms with Crippen molar-refractivity contribution in [3.63, 3.8) is 0 Å². The molecule has 33 heavy (non-hydrogen) atoms. The van der Waals surface area contributed by atoms with Crippen molar-refractivity contribution in [2.45, 2.75) is 38.1 Å². The molecule has 1 unspecified atom stereocenters. The molecule has 2 aromatic rings. The van der Waals surface area contributed by atoms with Gasteiger partial charge in [-0.3, -0.25) is 14.2 Å². The van der Waals surface area contributed by atoms with Crippen molar-refractivity contribution < 1.29 is 26.9 Å². The fourth-order valence-electron chi connectivity index (χ4n) is 3.94. The van der Waals surface area contributed by atoms with E-state index in [1.165, 1.54) is 37.3 Å². The number of benzene rings is 2. The minimum Gasteiger partial charge on any atom is -0.483 e. The van der Waals surface area contributed by atoms with Crippen molar-refractivity contribution in [3.8, 4) is 5.75 Å². The Morgan fingerprint density at radius 3 is 2.58 bits per heavy atom. The maximum atomic E-state index is 13.1. The lowest BCUT2D eigenvalue weighted by Gasteiger charge is -2.41. The number of carbonyl (C=O) groups is 1. The van der Waals surface area contributed by atoms with Gasteiger partial charge in [0.25, 0.3) is 16.0 Å². The third-order valence-corrected chi connectivity index (χ3v) is 7.27. The second-order valence-corrected chi connectivity index (χ2v) is 10.3. The van der Waals surface area contributed by atoms with Gasteiger partial charge in [0.05, 0.1) is 0 Å². The first kappa shape index (κ1) is 25.4. The SMILES string of the molecule is CC[C@@H]1CN(Cc2ccc(F)cc2)CCN1C(=O)COc1ccc(Cl)cc1C(C)S(=O)(=O)O. The lowest BCUT2D eigenvalue weighted by atomic mass is 10.1. The molecule has 1 aliphatic rings. The molecule has 0 bridgehead atoms. The van der Waals surface area contributed by atoms with Crippen LogP contribution in [0.5, 0.6) is 5.75 Å². The van der Waals surface area contributed by atoms with Gasteiger partial charge >= 0.3 is 0 Å². The van der Waals surface area contributed by atoms with Crippen LogP contribution < -0.4 is 4.74 Å². The van der Waals surface area contributed by atoms with Crippen molar-refractivity contribution >= 4 is 27.6 Å². The van der Waals surface area contributed by atoms with E-state index in [9.17, 15) is 22.2 Å². The van der Waals surface area contributed by atoms with Crippen LogP contribution in [0.3, 0.4) is 0 Å². The summed E-state index contributed by atoms with van der Waals surface area (Å²) >= 11 is 5.98. The lowest BCUT2D eigenvalue weighted by Crippen LogP contribution is -2.55. The van der Waals surface area contributed by atoms with E-state index in [0.717, 1.165) is 12.0 Å². The Hall–Kier alpha value is -2.20. The normalized spacial score (nSPS) is 18.2. The second kappa shape index (κ2) is 10.8. The zero-order valence-corrected chi connectivity index (χ0v) is 20.2. The Balaban J connectivity index is 1.63. The van der Waals surface area contributed by atoms with E-state index < -0.39 is 15.4 Å². The number of rotatable bonds is 8. The van der Waals surface area contributed by atoms with Crippen LogP contribution in [0.2, 0.25) is 5.02 Å². The summed E-state index contributed by atoms with van der Waals surface area (Å²) in [5, 5.41) is -0.956. The largest absolute Gasteiger partial charge is 0.483 e. The third kappa shape index (κ3) is 6.66. The molecule has 0 spiro atoms. The van der Waals surface area contributed by atoms with Crippen molar-refractivity contribution in [1.29, 1.82) is 0 Å². The first-order valence-corrected chi connectivity index (χ1v) is 12.6. The van der Waals surface area contributed by atoms with E-state index in [0.29, 0.717) is 31.2 Å². The summed E-state index contributed by atoms with van der Waals surface area (Å²) in [7, 11) is -4.36. The zero-order valence-electron chi connectivity index (χ0n) is 18.6. The van der Waals surface area contributed by atoms with Gasteiger partial charge in [0.1, 0.15) is 16.8 Å². The number of halogens is 2. The maximum absolute atomic E-state index is 13.1. The van der Waals surface area contributed by atoms with Crippen molar-refractivity contribution in [2.24, 2.45) is 0 Å². The highest BCUT2D eigenvalue weighted by molar-refractivity contribution is 7.86. The van der Waals surface area contributed by atoms with Crippen LogP contribution in [-0.2, 0) is 21.5 Å². The monoisotopic (exact) mass is 498 g/mol. The molecular formula is C23H28ClFN2O5S. The second-order valence-electron chi connectivity index (χ2n) is 8.14. The summed E-state index contributed by atoms with van der Waals surface area (Å²) < 4.78 is 51.4.